The Morgan fingerprint density at radius 1 is 0.879 bits per heavy atom. The molecule has 4 aromatic carbocycles. The van der Waals surface area contributed by atoms with E-state index in [0.717, 1.165) is 33.2 Å². The van der Waals surface area contributed by atoms with Crippen LogP contribution in [0, 0.1) is 13.8 Å². The van der Waals surface area contributed by atoms with Gasteiger partial charge in [-0.3, -0.25) is 4.79 Å². The molecule has 0 fully saturated rings. The number of carbonyl (C=O) groups is 1. The van der Waals surface area contributed by atoms with Crippen LogP contribution >= 0.6 is 11.6 Å². The van der Waals surface area contributed by atoms with Gasteiger partial charge in [-0.15, -0.1) is 5.10 Å². The number of nitrogens with one attached hydrogen (secondary N) is 1. The van der Waals surface area contributed by atoms with Gasteiger partial charge in [0.1, 0.15) is 0 Å². The van der Waals surface area contributed by atoms with E-state index in [9.17, 15) is 4.79 Å². The van der Waals surface area contributed by atoms with Crippen molar-refractivity contribution in [2.24, 2.45) is 0 Å². The molecule has 0 saturated heterocycles. The van der Waals surface area contributed by atoms with Crippen LogP contribution in [0.2, 0.25) is 5.02 Å². The molecule has 0 spiro atoms. The van der Waals surface area contributed by atoms with Gasteiger partial charge in [0.2, 0.25) is 5.82 Å². The van der Waals surface area contributed by atoms with Crippen LogP contribution in [0.25, 0.3) is 27.8 Å². The third-order valence-electron chi connectivity index (χ3n) is 5.49. The van der Waals surface area contributed by atoms with Crippen LogP contribution < -0.4 is 5.32 Å². The van der Waals surface area contributed by atoms with Crippen LogP contribution in [0.1, 0.15) is 21.7 Å². The van der Waals surface area contributed by atoms with Gasteiger partial charge in [0, 0.05) is 16.3 Å². The summed E-state index contributed by atoms with van der Waals surface area (Å²) in [4.78, 5) is 17.7. The lowest BCUT2D eigenvalue weighted by Crippen LogP contribution is -2.14. The molecule has 5 nitrogen and oxygen atoms in total. The maximum absolute atomic E-state index is 13.1. The van der Waals surface area contributed by atoms with E-state index in [2.05, 4.69) is 15.4 Å². The molecule has 5 rings (SSSR count). The zero-order chi connectivity index (χ0) is 22.9. The predicted octanol–water partition coefficient (Wildman–Crippen LogP) is 6.61. The summed E-state index contributed by atoms with van der Waals surface area (Å²) < 4.78 is 1.66. The molecule has 1 aromatic heterocycles. The number of fused-ring (bicyclic) bond motifs is 1. The number of hydrogen-bond donors (Lipinski definition) is 1. The molecule has 0 atom stereocenters. The summed E-state index contributed by atoms with van der Waals surface area (Å²) >= 11 is 6.37. The highest BCUT2D eigenvalue weighted by molar-refractivity contribution is 6.31. The molecule has 6 heteroatoms. The summed E-state index contributed by atoms with van der Waals surface area (Å²) in [6.45, 7) is 3.96. The third kappa shape index (κ3) is 4.23. The number of hydrogen-bond acceptors (Lipinski definition) is 3. The van der Waals surface area contributed by atoms with E-state index in [1.807, 2.05) is 98.8 Å². The summed E-state index contributed by atoms with van der Waals surface area (Å²) in [6.07, 6.45) is 0. The first-order valence-electron chi connectivity index (χ1n) is 10.6. The van der Waals surface area contributed by atoms with Crippen molar-refractivity contribution in [2.45, 2.75) is 13.8 Å². The maximum atomic E-state index is 13.1. The molecule has 0 saturated carbocycles. The average Bonchev–Trinajstić information content (AvgIpc) is 3.27. The Bertz CT molecular complexity index is 1510. The molecule has 33 heavy (non-hydrogen) atoms. The molecule has 0 bridgehead atoms. The molecular formula is C27H21ClN4O. The predicted molar refractivity (Wildman–Crippen MR) is 133 cm³/mol. The Labute approximate surface area is 196 Å². The number of carbonyl (C=O) groups excluding carboxylic acids is 1. The summed E-state index contributed by atoms with van der Waals surface area (Å²) in [7, 11) is 0. The Balaban J connectivity index is 1.55. The van der Waals surface area contributed by atoms with Crippen molar-refractivity contribution in [2.75, 3.05) is 5.32 Å². The first kappa shape index (κ1) is 20.9. The van der Waals surface area contributed by atoms with Gasteiger partial charge >= 0.3 is 0 Å². The number of amides is 1. The molecule has 0 aliphatic heterocycles. The SMILES string of the molecule is Cc1cccc(-c2nc(C(=O)Nc3ccc4ccccc4c3)nn2-c2ccc(C)c(Cl)c2)c1. The topological polar surface area (TPSA) is 59.8 Å². The fourth-order valence-electron chi connectivity index (χ4n) is 3.73. The van der Waals surface area contributed by atoms with E-state index in [0.29, 0.717) is 16.5 Å². The monoisotopic (exact) mass is 452 g/mol. The molecular weight excluding hydrogens is 432 g/mol. The van der Waals surface area contributed by atoms with Gasteiger partial charge in [-0.25, -0.2) is 9.67 Å². The third-order valence-corrected chi connectivity index (χ3v) is 5.90. The second-order valence-electron chi connectivity index (χ2n) is 7.99. The van der Waals surface area contributed by atoms with E-state index in [1.165, 1.54) is 0 Å². The molecule has 1 N–H and O–H groups in total. The number of anilines is 1. The largest absolute Gasteiger partial charge is 0.319 e. The quantitative estimate of drug-likeness (QED) is 0.333. The van der Waals surface area contributed by atoms with Crippen molar-refractivity contribution in [3.05, 3.63) is 107 Å². The molecule has 1 heterocycles. The summed E-state index contributed by atoms with van der Waals surface area (Å²) in [6, 6.07) is 27.4. The molecule has 0 aliphatic carbocycles. The minimum absolute atomic E-state index is 0.0800. The Kier molecular flexibility index (Phi) is 5.40. The Morgan fingerprint density at radius 2 is 1.70 bits per heavy atom. The highest BCUT2D eigenvalue weighted by Gasteiger charge is 2.19. The number of nitrogens with zero attached hydrogens (tertiary/aromatic N) is 3. The second-order valence-corrected chi connectivity index (χ2v) is 8.40. The Morgan fingerprint density at radius 3 is 2.48 bits per heavy atom. The van der Waals surface area contributed by atoms with Gasteiger partial charge in [-0.1, -0.05) is 71.8 Å². The number of benzene rings is 4. The molecule has 5 aromatic rings. The maximum Gasteiger partial charge on any atom is 0.295 e. The lowest BCUT2D eigenvalue weighted by atomic mass is 10.1. The lowest BCUT2D eigenvalue weighted by Gasteiger charge is -2.08. The van der Waals surface area contributed by atoms with Crippen LogP contribution in [0.3, 0.4) is 0 Å². The van der Waals surface area contributed by atoms with Crippen molar-refractivity contribution in [1.82, 2.24) is 14.8 Å². The number of aryl methyl sites for hydroxylation is 2. The summed E-state index contributed by atoms with van der Waals surface area (Å²) in [5.74, 6) is 0.273. The second kappa shape index (κ2) is 8.52. The first-order chi connectivity index (χ1) is 16.0. The summed E-state index contributed by atoms with van der Waals surface area (Å²) in [5.41, 5.74) is 4.34. The van der Waals surface area contributed by atoms with Gasteiger partial charge in [-0.2, -0.15) is 0 Å². The van der Waals surface area contributed by atoms with E-state index < -0.39 is 0 Å². The van der Waals surface area contributed by atoms with Crippen LogP contribution in [0.15, 0.2) is 84.9 Å². The van der Waals surface area contributed by atoms with Crippen LogP contribution in [-0.2, 0) is 0 Å². The summed E-state index contributed by atoms with van der Waals surface area (Å²) in [5, 5.41) is 10.3. The van der Waals surface area contributed by atoms with Gasteiger partial charge in [-0.05, 0) is 60.5 Å². The van der Waals surface area contributed by atoms with Crippen molar-refractivity contribution in [3.8, 4) is 17.1 Å². The van der Waals surface area contributed by atoms with Crippen LogP contribution in [0.4, 0.5) is 5.69 Å². The smallest absolute Gasteiger partial charge is 0.295 e. The van der Waals surface area contributed by atoms with Crippen molar-refractivity contribution in [1.29, 1.82) is 0 Å². The van der Waals surface area contributed by atoms with Gasteiger partial charge < -0.3 is 5.32 Å². The zero-order valence-corrected chi connectivity index (χ0v) is 19.0. The fourth-order valence-corrected chi connectivity index (χ4v) is 3.90. The average molecular weight is 453 g/mol. The molecule has 0 radical (unpaired) electrons. The number of aromatic nitrogens is 3. The molecule has 0 aliphatic rings. The molecule has 1 amide bonds. The van der Waals surface area contributed by atoms with Gasteiger partial charge in [0.25, 0.3) is 5.91 Å². The van der Waals surface area contributed by atoms with E-state index in [4.69, 9.17) is 11.6 Å². The fraction of sp³-hybridized carbons (Fsp3) is 0.0741. The highest BCUT2D eigenvalue weighted by atomic mass is 35.5. The van der Waals surface area contributed by atoms with E-state index >= 15 is 0 Å². The molecule has 0 unspecified atom stereocenters. The minimum atomic E-state index is -0.379. The first-order valence-corrected chi connectivity index (χ1v) is 11.0. The number of halogens is 1. The van der Waals surface area contributed by atoms with Crippen LogP contribution in [0.5, 0.6) is 0 Å². The number of rotatable bonds is 4. The minimum Gasteiger partial charge on any atom is -0.319 e. The zero-order valence-electron chi connectivity index (χ0n) is 18.2. The molecule has 162 valence electrons. The standard InChI is InChI=1S/C27H21ClN4O/c1-17-6-5-9-21(14-17)26-30-25(31-32(26)23-13-10-18(2)24(28)16-23)27(33)29-22-12-11-19-7-3-4-8-20(19)15-22/h3-16H,1-2H3,(H,29,33). The van der Waals surface area contributed by atoms with Crippen LogP contribution in [-0.4, -0.2) is 20.7 Å². The Hall–Kier alpha value is -3.96. The van der Waals surface area contributed by atoms with Gasteiger partial charge in [0.15, 0.2) is 5.82 Å². The highest BCUT2D eigenvalue weighted by Crippen LogP contribution is 2.26. The van der Waals surface area contributed by atoms with Crippen molar-refractivity contribution >= 4 is 34.0 Å². The van der Waals surface area contributed by atoms with Crippen molar-refractivity contribution < 1.29 is 4.79 Å². The van der Waals surface area contributed by atoms with Crippen molar-refractivity contribution in [3.63, 3.8) is 0 Å². The lowest BCUT2D eigenvalue weighted by molar-refractivity contribution is 0.101. The van der Waals surface area contributed by atoms with E-state index in [1.54, 1.807) is 4.68 Å². The van der Waals surface area contributed by atoms with E-state index in [-0.39, 0.29) is 11.7 Å². The normalized spacial score (nSPS) is 11.0. The van der Waals surface area contributed by atoms with Gasteiger partial charge in [0.05, 0.1) is 5.69 Å².